The van der Waals surface area contributed by atoms with Crippen LogP contribution in [0, 0.1) is 5.82 Å². The minimum Gasteiger partial charge on any atom is -0.480 e. The summed E-state index contributed by atoms with van der Waals surface area (Å²) in [5.41, 5.74) is 1.74. The third kappa shape index (κ3) is 5.33. The van der Waals surface area contributed by atoms with Crippen LogP contribution in [0.2, 0.25) is 0 Å². The second kappa shape index (κ2) is 9.96. The Kier molecular flexibility index (Phi) is 7.11. The van der Waals surface area contributed by atoms with Gasteiger partial charge in [0, 0.05) is 24.8 Å². The van der Waals surface area contributed by atoms with Crippen LogP contribution in [0.1, 0.15) is 13.8 Å². The van der Waals surface area contributed by atoms with Gasteiger partial charge >= 0.3 is 6.61 Å². The van der Waals surface area contributed by atoms with Gasteiger partial charge in [0.05, 0.1) is 13.3 Å². The number of hydrogen-bond acceptors (Lipinski definition) is 7. The molecule has 0 spiro atoms. The van der Waals surface area contributed by atoms with Crippen LogP contribution in [-0.4, -0.2) is 41.8 Å². The van der Waals surface area contributed by atoms with Crippen molar-refractivity contribution >= 4 is 17.5 Å². The smallest absolute Gasteiger partial charge is 0.387 e. The Labute approximate surface area is 177 Å². The molecule has 10 heteroatoms. The van der Waals surface area contributed by atoms with Gasteiger partial charge in [0.1, 0.15) is 11.4 Å². The van der Waals surface area contributed by atoms with Gasteiger partial charge < -0.3 is 19.7 Å². The highest BCUT2D eigenvalue weighted by molar-refractivity contribution is 5.72. The van der Waals surface area contributed by atoms with E-state index in [0.29, 0.717) is 35.9 Å². The van der Waals surface area contributed by atoms with Crippen LogP contribution in [0.25, 0.3) is 11.1 Å². The number of aromatic nitrogens is 3. The lowest BCUT2D eigenvalue weighted by Crippen LogP contribution is -2.24. The van der Waals surface area contributed by atoms with Crippen LogP contribution in [-0.2, 0) is 0 Å². The molecule has 1 N–H and O–H groups in total. The fourth-order valence-electron chi connectivity index (χ4n) is 2.92. The van der Waals surface area contributed by atoms with E-state index in [1.165, 1.54) is 19.2 Å². The number of pyridine rings is 1. The molecule has 2 heterocycles. The van der Waals surface area contributed by atoms with Gasteiger partial charge in [0.2, 0.25) is 11.8 Å². The molecular formula is C21H22F3N5O2. The Bertz CT molecular complexity index is 1010. The fraction of sp³-hybridized carbons (Fsp3) is 0.286. The van der Waals surface area contributed by atoms with E-state index in [0.717, 1.165) is 6.20 Å². The monoisotopic (exact) mass is 433 g/mol. The molecule has 3 rings (SSSR count). The number of alkyl halides is 2. The van der Waals surface area contributed by atoms with Gasteiger partial charge in [0.25, 0.3) is 0 Å². The average molecular weight is 433 g/mol. The van der Waals surface area contributed by atoms with Gasteiger partial charge in [-0.25, -0.2) is 14.4 Å². The fourth-order valence-corrected chi connectivity index (χ4v) is 2.92. The van der Waals surface area contributed by atoms with E-state index in [2.05, 4.69) is 25.0 Å². The van der Waals surface area contributed by atoms with Gasteiger partial charge in [-0.3, -0.25) is 0 Å². The molecule has 0 amide bonds. The van der Waals surface area contributed by atoms with Crippen LogP contribution in [0.5, 0.6) is 11.6 Å². The second-order valence-corrected chi connectivity index (χ2v) is 6.35. The molecule has 7 nitrogen and oxygen atoms in total. The lowest BCUT2D eigenvalue weighted by Gasteiger charge is -2.19. The van der Waals surface area contributed by atoms with E-state index >= 15 is 0 Å². The van der Waals surface area contributed by atoms with Gasteiger partial charge in [-0.05, 0) is 37.6 Å². The SMILES string of the molecule is CCN(CC)c1ncc(F)c(Nc2cc(-c3ccc(OC(F)F)cc3)cnc2OC)n1. The molecular weight excluding hydrogens is 411 g/mol. The topological polar surface area (TPSA) is 72.4 Å². The summed E-state index contributed by atoms with van der Waals surface area (Å²) in [6, 6.07) is 7.80. The van der Waals surface area contributed by atoms with E-state index < -0.39 is 12.4 Å². The van der Waals surface area contributed by atoms with Crippen molar-refractivity contribution in [1.29, 1.82) is 0 Å². The molecule has 2 aromatic heterocycles. The molecule has 0 radical (unpaired) electrons. The minimum atomic E-state index is -2.90. The van der Waals surface area contributed by atoms with Gasteiger partial charge in [-0.2, -0.15) is 13.8 Å². The molecule has 0 fully saturated rings. The Morgan fingerprint density at radius 1 is 1.03 bits per heavy atom. The third-order valence-corrected chi connectivity index (χ3v) is 4.49. The molecule has 1 aromatic carbocycles. The van der Waals surface area contributed by atoms with Crippen LogP contribution >= 0.6 is 0 Å². The highest BCUT2D eigenvalue weighted by atomic mass is 19.3. The maximum atomic E-state index is 14.4. The second-order valence-electron chi connectivity index (χ2n) is 6.35. The summed E-state index contributed by atoms with van der Waals surface area (Å²) < 4.78 is 48.7. The first-order valence-electron chi connectivity index (χ1n) is 9.58. The maximum absolute atomic E-state index is 14.4. The minimum absolute atomic E-state index is 0.0187. The molecule has 0 aliphatic heterocycles. The number of nitrogens with zero attached hydrogens (tertiary/aromatic N) is 4. The van der Waals surface area contributed by atoms with E-state index in [9.17, 15) is 13.2 Å². The Morgan fingerprint density at radius 3 is 2.35 bits per heavy atom. The van der Waals surface area contributed by atoms with Crippen molar-refractivity contribution in [3.8, 4) is 22.8 Å². The summed E-state index contributed by atoms with van der Waals surface area (Å²) in [6.07, 6.45) is 2.67. The van der Waals surface area contributed by atoms with Crippen molar-refractivity contribution in [2.75, 3.05) is 30.4 Å². The first-order valence-corrected chi connectivity index (χ1v) is 9.58. The largest absolute Gasteiger partial charge is 0.480 e. The normalized spacial score (nSPS) is 10.8. The highest BCUT2D eigenvalue weighted by Crippen LogP contribution is 2.32. The molecule has 0 bridgehead atoms. The number of anilines is 3. The van der Waals surface area contributed by atoms with E-state index in [4.69, 9.17) is 4.74 Å². The summed E-state index contributed by atoms with van der Waals surface area (Å²) in [5.74, 6) is 0.0349. The Morgan fingerprint density at radius 2 is 1.74 bits per heavy atom. The summed E-state index contributed by atoms with van der Waals surface area (Å²) in [4.78, 5) is 14.5. The van der Waals surface area contributed by atoms with Crippen molar-refractivity contribution in [2.45, 2.75) is 20.5 Å². The first-order chi connectivity index (χ1) is 14.9. The number of hydrogen-bond donors (Lipinski definition) is 1. The van der Waals surface area contributed by atoms with Crippen molar-refractivity contribution in [1.82, 2.24) is 15.0 Å². The van der Waals surface area contributed by atoms with Crippen LogP contribution in [0.3, 0.4) is 0 Å². The average Bonchev–Trinajstić information content (AvgIpc) is 2.77. The van der Waals surface area contributed by atoms with Crippen LogP contribution in [0.4, 0.5) is 30.6 Å². The first kappa shape index (κ1) is 22.1. The molecule has 31 heavy (non-hydrogen) atoms. The van der Waals surface area contributed by atoms with Gasteiger partial charge in [-0.15, -0.1) is 0 Å². The number of benzene rings is 1. The van der Waals surface area contributed by atoms with E-state index in [-0.39, 0.29) is 17.4 Å². The maximum Gasteiger partial charge on any atom is 0.387 e. The summed E-state index contributed by atoms with van der Waals surface area (Å²) >= 11 is 0. The number of ether oxygens (including phenoxy) is 2. The van der Waals surface area contributed by atoms with Crippen molar-refractivity contribution < 1.29 is 22.6 Å². The quantitative estimate of drug-likeness (QED) is 0.516. The Balaban J connectivity index is 1.92. The zero-order chi connectivity index (χ0) is 22.4. The van der Waals surface area contributed by atoms with Gasteiger partial charge in [0.15, 0.2) is 11.6 Å². The van der Waals surface area contributed by atoms with Crippen LogP contribution in [0.15, 0.2) is 42.7 Å². The lowest BCUT2D eigenvalue weighted by atomic mass is 10.1. The van der Waals surface area contributed by atoms with Crippen molar-refractivity contribution in [3.63, 3.8) is 0 Å². The number of rotatable bonds is 9. The Hall–Kier alpha value is -3.56. The molecule has 0 aliphatic carbocycles. The zero-order valence-corrected chi connectivity index (χ0v) is 17.3. The third-order valence-electron chi connectivity index (χ3n) is 4.49. The number of nitrogens with one attached hydrogen (secondary N) is 1. The summed E-state index contributed by atoms with van der Waals surface area (Å²) in [6.45, 7) is 2.36. The molecule has 164 valence electrons. The highest BCUT2D eigenvalue weighted by Gasteiger charge is 2.15. The predicted octanol–water partition coefficient (Wildman–Crippen LogP) is 4.88. The summed E-state index contributed by atoms with van der Waals surface area (Å²) in [5, 5.41) is 2.92. The lowest BCUT2D eigenvalue weighted by molar-refractivity contribution is -0.0498. The van der Waals surface area contributed by atoms with Crippen molar-refractivity contribution in [2.24, 2.45) is 0 Å². The summed E-state index contributed by atoms with van der Waals surface area (Å²) in [7, 11) is 1.45. The van der Waals surface area contributed by atoms with E-state index in [1.54, 1.807) is 24.4 Å². The zero-order valence-electron chi connectivity index (χ0n) is 17.3. The molecule has 0 unspecified atom stereocenters. The standard InChI is InChI=1S/C21H22F3N5O2/c1-4-29(5-2)21-26-12-16(22)18(28-21)27-17-10-14(11-25-19(17)30-3)13-6-8-15(9-7-13)31-20(23)24/h6-12,20H,4-5H2,1-3H3,(H,26,27,28). The molecule has 0 atom stereocenters. The van der Waals surface area contributed by atoms with E-state index in [1.807, 2.05) is 18.7 Å². The predicted molar refractivity (Wildman–Crippen MR) is 112 cm³/mol. The molecule has 0 aliphatic rings. The number of methoxy groups -OCH3 is 1. The molecule has 0 saturated carbocycles. The van der Waals surface area contributed by atoms with Crippen LogP contribution < -0.4 is 19.7 Å². The number of halogens is 3. The molecule has 3 aromatic rings. The van der Waals surface area contributed by atoms with Gasteiger partial charge in [-0.1, -0.05) is 12.1 Å². The molecule has 0 saturated heterocycles. The van der Waals surface area contributed by atoms with Crippen molar-refractivity contribution in [3.05, 3.63) is 48.5 Å².